The second kappa shape index (κ2) is 3.26. The molecule has 1 fully saturated rings. The maximum Gasteiger partial charge on any atom is 0.335 e. The van der Waals surface area contributed by atoms with E-state index in [-0.39, 0.29) is 0 Å². The van der Waals surface area contributed by atoms with E-state index in [1.165, 1.54) is 6.42 Å². The van der Waals surface area contributed by atoms with Crippen molar-refractivity contribution in [2.45, 2.75) is 26.3 Å². The highest BCUT2D eigenvalue weighted by Crippen LogP contribution is 2.46. The summed E-state index contributed by atoms with van der Waals surface area (Å²) in [4.78, 5) is 10.6. The van der Waals surface area contributed by atoms with Crippen molar-refractivity contribution < 1.29 is 9.90 Å². The Morgan fingerprint density at radius 1 is 1.40 bits per heavy atom. The van der Waals surface area contributed by atoms with Gasteiger partial charge in [-0.15, -0.1) is 0 Å². The number of benzene rings is 1. The summed E-state index contributed by atoms with van der Waals surface area (Å²) in [7, 11) is 0. The minimum Gasteiger partial charge on any atom is -0.478 e. The van der Waals surface area contributed by atoms with Gasteiger partial charge in [-0.25, -0.2) is 4.79 Å². The Kier molecular flexibility index (Phi) is 2.18. The monoisotopic (exact) mass is 205 g/mol. The Morgan fingerprint density at radius 2 is 1.93 bits per heavy atom. The number of hydrogen-bond donors (Lipinski definition) is 2. The summed E-state index contributed by atoms with van der Waals surface area (Å²) < 4.78 is 0. The Labute approximate surface area is 89.1 Å². The number of rotatable bonds is 3. The lowest BCUT2D eigenvalue weighted by Gasteiger charge is -2.08. The normalized spacial score (nSPS) is 22.1. The first kappa shape index (κ1) is 10.0. The van der Waals surface area contributed by atoms with Crippen LogP contribution in [0, 0.1) is 5.41 Å². The van der Waals surface area contributed by atoms with Crippen molar-refractivity contribution in [1.82, 2.24) is 0 Å². The lowest BCUT2D eigenvalue weighted by atomic mass is 10.1. The molecule has 1 saturated carbocycles. The summed E-state index contributed by atoms with van der Waals surface area (Å²) in [5.41, 5.74) is 1.71. The summed E-state index contributed by atoms with van der Waals surface area (Å²) in [6, 6.07) is 7.41. The third-order valence-corrected chi connectivity index (χ3v) is 2.99. The van der Waals surface area contributed by atoms with Gasteiger partial charge in [0.25, 0.3) is 0 Å². The molecule has 3 heteroatoms. The highest BCUT2D eigenvalue weighted by molar-refractivity contribution is 5.88. The van der Waals surface area contributed by atoms with Crippen LogP contribution in [0.1, 0.15) is 30.6 Å². The van der Waals surface area contributed by atoms with Crippen LogP contribution in [0.3, 0.4) is 0 Å². The molecular weight excluding hydrogens is 190 g/mol. The van der Waals surface area contributed by atoms with Crippen molar-refractivity contribution in [1.29, 1.82) is 0 Å². The molecule has 0 amide bonds. The zero-order valence-corrected chi connectivity index (χ0v) is 8.95. The van der Waals surface area contributed by atoms with Crippen LogP contribution >= 0.6 is 0 Å². The maximum atomic E-state index is 10.6. The second-order valence-corrected chi connectivity index (χ2v) is 4.77. The number of carboxylic acid groups (broad SMARTS) is 1. The first-order chi connectivity index (χ1) is 6.99. The first-order valence-corrected chi connectivity index (χ1v) is 5.09. The molecule has 1 aromatic carbocycles. The topological polar surface area (TPSA) is 49.3 Å². The maximum absolute atomic E-state index is 10.6. The minimum atomic E-state index is -0.881. The third-order valence-electron chi connectivity index (χ3n) is 2.99. The number of hydrogen-bond acceptors (Lipinski definition) is 2. The van der Waals surface area contributed by atoms with Crippen LogP contribution < -0.4 is 5.32 Å². The molecule has 80 valence electrons. The van der Waals surface area contributed by atoms with E-state index in [9.17, 15) is 4.79 Å². The van der Waals surface area contributed by atoms with Crippen molar-refractivity contribution in [3.05, 3.63) is 29.8 Å². The van der Waals surface area contributed by atoms with Gasteiger partial charge in [-0.2, -0.15) is 0 Å². The van der Waals surface area contributed by atoms with E-state index in [4.69, 9.17) is 5.11 Å². The Balaban J connectivity index is 2.02. The Bertz CT molecular complexity index is 381. The third kappa shape index (κ3) is 2.12. The number of anilines is 1. The van der Waals surface area contributed by atoms with Gasteiger partial charge in [-0.05, 0) is 36.1 Å². The fourth-order valence-electron chi connectivity index (χ4n) is 1.62. The molecule has 15 heavy (non-hydrogen) atoms. The largest absolute Gasteiger partial charge is 0.478 e. The minimum absolute atomic E-state index is 0.329. The average molecular weight is 205 g/mol. The summed E-state index contributed by atoms with van der Waals surface area (Å²) >= 11 is 0. The van der Waals surface area contributed by atoms with Gasteiger partial charge >= 0.3 is 5.97 Å². The molecule has 1 unspecified atom stereocenters. The Hall–Kier alpha value is -1.51. The number of carboxylic acids is 1. The highest BCUT2D eigenvalue weighted by Gasteiger charge is 2.45. The highest BCUT2D eigenvalue weighted by atomic mass is 16.4. The molecule has 0 radical (unpaired) electrons. The average Bonchev–Trinajstić information content (AvgIpc) is 2.74. The molecule has 1 aromatic rings. The number of nitrogens with one attached hydrogen (secondary N) is 1. The zero-order valence-electron chi connectivity index (χ0n) is 8.95. The van der Waals surface area contributed by atoms with Crippen molar-refractivity contribution in [3.63, 3.8) is 0 Å². The van der Waals surface area contributed by atoms with Gasteiger partial charge in [-0.3, -0.25) is 0 Å². The van der Waals surface area contributed by atoms with Crippen molar-refractivity contribution in [3.8, 4) is 0 Å². The van der Waals surface area contributed by atoms with Gasteiger partial charge in [0.15, 0.2) is 0 Å². The van der Waals surface area contributed by atoms with E-state index >= 15 is 0 Å². The summed E-state index contributed by atoms with van der Waals surface area (Å²) in [6.07, 6.45) is 1.17. The lowest BCUT2D eigenvalue weighted by Crippen LogP contribution is -2.08. The lowest BCUT2D eigenvalue weighted by molar-refractivity contribution is 0.0697. The van der Waals surface area contributed by atoms with Gasteiger partial charge in [0.05, 0.1) is 5.56 Å². The predicted molar refractivity (Wildman–Crippen MR) is 59.2 cm³/mol. The van der Waals surface area contributed by atoms with Crippen LogP contribution in [0.4, 0.5) is 5.69 Å². The van der Waals surface area contributed by atoms with Crippen LogP contribution in [0.15, 0.2) is 24.3 Å². The molecule has 0 aromatic heterocycles. The van der Waals surface area contributed by atoms with Crippen LogP contribution in [0.2, 0.25) is 0 Å². The van der Waals surface area contributed by atoms with E-state index in [1.807, 2.05) is 12.1 Å². The van der Waals surface area contributed by atoms with Gasteiger partial charge in [0.1, 0.15) is 0 Å². The van der Waals surface area contributed by atoms with Crippen LogP contribution in [-0.2, 0) is 0 Å². The van der Waals surface area contributed by atoms with Crippen molar-refractivity contribution >= 4 is 11.7 Å². The Morgan fingerprint density at radius 3 is 2.33 bits per heavy atom. The first-order valence-electron chi connectivity index (χ1n) is 5.09. The zero-order chi connectivity index (χ0) is 11.1. The van der Waals surface area contributed by atoms with E-state index < -0.39 is 5.97 Å². The predicted octanol–water partition coefficient (Wildman–Crippen LogP) is 2.60. The second-order valence-electron chi connectivity index (χ2n) is 4.77. The van der Waals surface area contributed by atoms with Crippen LogP contribution in [0.5, 0.6) is 0 Å². The standard InChI is InChI=1S/C12H15NO2/c1-12(2)7-10(12)13-9-5-3-8(4-6-9)11(14)15/h3-6,10,13H,7H2,1-2H3,(H,14,15). The van der Waals surface area contributed by atoms with Crippen LogP contribution in [-0.4, -0.2) is 17.1 Å². The van der Waals surface area contributed by atoms with Crippen molar-refractivity contribution in [2.24, 2.45) is 5.41 Å². The molecule has 2 N–H and O–H groups in total. The van der Waals surface area contributed by atoms with Crippen molar-refractivity contribution in [2.75, 3.05) is 5.32 Å². The number of aromatic carboxylic acids is 1. The van der Waals surface area contributed by atoms with E-state index in [0.29, 0.717) is 17.0 Å². The van der Waals surface area contributed by atoms with Gasteiger partial charge in [0, 0.05) is 11.7 Å². The molecule has 3 nitrogen and oxygen atoms in total. The fourth-order valence-corrected chi connectivity index (χ4v) is 1.62. The quantitative estimate of drug-likeness (QED) is 0.797. The summed E-state index contributed by atoms with van der Waals surface area (Å²) in [5, 5.41) is 12.1. The molecule has 1 aliphatic rings. The van der Waals surface area contributed by atoms with Crippen LogP contribution in [0.25, 0.3) is 0 Å². The molecular formula is C12H15NO2. The van der Waals surface area contributed by atoms with Gasteiger partial charge in [0.2, 0.25) is 0 Å². The molecule has 1 aliphatic carbocycles. The molecule has 0 spiro atoms. The van der Waals surface area contributed by atoms with E-state index in [0.717, 1.165) is 5.69 Å². The molecule has 0 saturated heterocycles. The summed E-state index contributed by atoms with van der Waals surface area (Å²) in [6.45, 7) is 4.44. The molecule has 0 aliphatic heterocycles. The molecule has 1 atom stereocenters. The van der Waals surface area contributed by atoms with E-state index in [2.05, 4.69) is 19.2 Å². The molecule has 0 bridgehead atoms. The smallest absolute Gasteiger partial charge is 0.335 e. The SMILES string of the molecule is CC1(C)CC1Nc1ccc(C(=O)O)cc1. The van der Waals surface area contributed by atoms with Gasteiger partial charge in [-0.1, -0.05) is 13.8 Å². The fraction of sp³-hybridized carbons (Fsp3) is 0.417. The number of carbonyl (C=O) groups is 1. The summed E-state index contributed by atoms with van der Waals surface area (Å²) in [5.74, 6) is -0.881. The molecule has 2 rings (SSSR count). The molecule has 0 heterocycles. The van der Waals surface area contributed by atoms with Gasteiger partial charge < -0.3 is 10.4 Å². The van der Waals surface area contributed by atoms with E-state index in [1.54, 1.807) is 12.1 Å².